The zero-order chi connectivity index (χ0) is 14.5. The van der Waals surface area contributed by atoms with Crippen LogP contribution in [0.25, 0.3) is 0 Å². The van der Waals surface area contributed by atoms with Crippen molar-refractivity contribution in [2.24, 2.45) is 0 Å². The second-order valence-corrected chi connectivity index (χ2v) is 4.43. The molecule has 108 valence electrons. The Balaban J connectivity index is 2.50. The lowest BCUT2D eigenvalue weighted by atomic mass is 10.2. The van der Waals surface area contributed by atoms with Gasteiger partial charge in [0.2, 0.25) is 0 Å². The maximum Gasteiger partial charge on any atom is 0.401 e. The highest BCUT2D eigenvalue weighted by molar-refractivity contribution is 5.29. The number of aromatic nitrogens is 1. The molecule has 1 heterocycles. The van der Waals surface area contributed by atoms with Crippen LogP contribution in [0.5, 0.6) is 5.75 Å². The Labute approximate surface area is 111 Å². The number of alkyl halides is 3. The van der Waals surface area contributed by atoms with Gasteiger partial charge in [-0.15, -0.1) is 0 Å². The molecule has 0 aliphatic rings. The van der Waals surface area contributed by atoms with E-state index in [4.69, 9.17) is 4.74 Å². The van der Waals surface area contributed by atoms with Gasteiger partial charge in [-0.2, -0.15) is 13.2 Å². The van der Waals surface area contributed by atoms with E-state index in [0.717, 1.165) is 17.8 Å². The molecule has 6 heteroatoms. The highest BCUT2D eigenvalue weighted by Gasteiger charge is 2.26. The predicted molar refractivity (Wildman–Crippen MR) is 67.4 cm³/mol. The normalized spacial score (nSPS) is 13.4. The number of nitrogens with one attached hydrogen (secondary N) is 1. The number of hydrogen-bond donors (Lipinski definition) is 1. The van der Waals surface area contributed by atoms with Gasteiger partial charge in [0.25, 0.3) is 0 Å². The smallest absolute Gasteiger partial charge is 0.401 e. The monoisotopic (exact) mass is 276 g/mol. The number of halogens is 3. The van der Waals surface area contributed by atoms with Crippen LogP contribution in [0.4, 0.5) is 13.2 Å². The molecule has 0 bridgehead atoms. The zero-order valence-electron chi connectivity index (χ0n) is 11.3. The molecule has 0 aromatic carbocycles. The molecule has 3 nitrogen and oxygen atoms in total. The summed E-state index contributed by atoms with van der Waals surface area (Å²) in [7, 11) is 0. The first-order chi connectivity index (χ1) is 8.81. The number of aryl methyl sites for hydroxylation is 2. The van der Waals surface area contributed by atoms with Crippen molar-refractivity contribution in [1.82, 2.24) is 10.3 Å². The number of nitrogens with zero attached hydrogens (tertiary/aromatic N) is 1. The molecular weight excluding hydrogens is 257 g/mol. The molecule has 0 amide bonds. The Hall–Kier alpha value is -1.30. The third kappa shape index (κ3) is 5.92. The van der Waals surface area contributed by atoms with Crippen LogP contribution in [0.15, 0.2) is 12.1 Å². The maximum atomic E-state index is 12.0. The highest BCUT2D eigenvalue weighted by atomic mass is 19.4. The van der Waals surface area contributed by atoms with Crippen molar-refractivity contribution in [3.8, 4) is 5.75 Å². The summed E-state index contributed by atoms with van der Waals surface area (Å²) in [5.41, 5.74) is 1.72. The van der Waals surface area contributed by atoms with Gasteiger partial charge in [0.15, 0.2) is 0 Å². The molecule has 1 N–H and O–H groups in total. The molecule has 0 aliphatic heterocycles. The largest absolute Gasteiger partial charge is 0.487 e. The Bertz CT molecular complexity index is 407. The molecule has 1 aromatic heterocycles. The van der Waals surface area contributed by atoms with Crippen LogP contribution in [0.3, 0.4) is 0 Å². The summed E-state index contributed by atoms with van der Waals surface area (Å²) in [6.07, 6.45) is -3.82. The fourth-order valence-corrected chi connectivity index (χ4v) is 1.63. The van der Waals surface area contributed by atoms with Crippen LogP contribution in [0.1, 0.15) is 25.2 Å². The summed E-state index contributed by atoms with van der Waals surface area (Å²) in [4.78, 5) is 4.34. The molecule has 0 radical (unpaired) electrons. The third-order valence-corrected chi connectivity index (χ3v) is 2.49. The fourth-order valence-electron chi connectivity index (χ4n) is 1.63. The minimum Gasteiger partial charge on any atom is -0.487 e. The van der Waals surface area contributed by atoms with Crippen LogP contribution in [0, 0.1) is 6.92 Å². The standard InChI is InChI=1S/C13H19F3N2O/c1-4-11-12(6-5-9(2)18-11)19-10(3)7-17-8-13(14,15)16/h5-6,10,17H,4,7-8H2,1-3H3. The third-order valence-electron chi connectivity index (χ3n) is 2.49. The molecule has 0 fully saturated rings. The Morgan fingerprint density at radius 1 is 1.37 bits per heavy atom. The average molecular weight is 276 g/mol. The lowest BCUT2D eigenvalue weighted by Crippen LogP contribution is -2.35. The van der Waals surface area contributed by atoms with E-state index in [1.165, 1.54) is 0 Å². The SMILES string of the molecule is CCc1nc(C)ccc1OC(C)CNCC(F)(F)F. The average Bonchev–Trinajstić information content (AvgIpc) is 2.29. The summed E-state index contributed by atoms with van der Waals surface area (Å²) in [5, 5.41) is 2.32. The molecule has 1 atom stereocenters. The van der Waals surface area contributed by atoms with Crippen molar-refractivity contribution >= 4 is 0 Å². The lowest BCUT2D eigenvalue weighted by Gasteiger charge is -2.18. The van der Waals surface area contributed by atoms with Crippen LogP contribution in [0.2, 0.25) is 0 Å². The van der Waals surface area contributed by atoms with Gasteiger partial charge in [-0.05, 0) is 32.4 Å². The predicted octanol–water partition coefficient (Wildman–Crippen LogP) is 2.87. The number of ether oxygens (including phenoxy) is 1. The van der Waals surface area contributed by atoms with Gasteiger partial charge in [0.1, 0.15) is 11.9 Å². The molecule has 1 unspecified atom stereocenters. The molecule has 1 aromatic rings. The Morgan fingerprint density at radius 3 is 2.63 bits per heavy atom. The van der Waals surface area contributed by atoms with Gasteiger partial charge in [-0.25, -0.2) is 0 Å². The lowest BCUT2D eigenvalue weighted by molar-refractivity contribution is -0.125. The summed E-state index contributed by atoms with van der Waals surface area (Å²) >= 11 is 0. The van der Waals surface area contributed by atoms with Gasteiger partial charge < -0.3 is 10.1 Å². The van der Waals surface area contributed by atoms with Crippen molar-refractivity contribution in [3.63, 3.8) is 0 Å². The molecule has 19 heavy (non-hydrogen) atoms. The minimum atomic E-state index is -4.19. The molecule has 0 spiro atoms. The fraction of sp³-hybridized carbons (Fsp3) is 0.615. The van der Waals surface area contributed by atoms with Crippen molar-refractivity contribution in [2.75, 3.05) is 13.1 Å². The summed E-state index contributed by atoms with van der Waals surface area (Å²) in [6, 6.07) is 3.63. The van der Waals surface area contributed by atoms with Gasteiger partial charge in [-0.3, -0.25) is 4.98 Å². The summed E-state index contributed by atoms with van der Waals surface area (Å²) < 4.78 is 41.6. The van der Waals surface area contributed by atoms with E-state index in [0.29, 0.717) is 5.75 Å². The van der Waals surface area contributed by atoms with Crippen LogP contribution < -0.4 is 10.1 Å². The van der Waals surface area contributed by atoms with E-state index >= 15 is 0 Å². The molecule has 0 saturated carbocycles. The summed E-state index contributed by atoms with van der Waals surface area (Å²) in [6.45, 7) is 4.70. The van der Waals surface area contributed by atoms with E-state index in [-0.39, 0.29) is 12.6 Å². The quantitative estimate of drug-likeness (QED) is 0.867. The molecule has 0 saturated heterocycles. The highest BCUT2D eigenvalue weighted by Crippen LogP contribution is 2.19. The second-order valence-electron chi connectivity index (χ2n) is 4.43. The van der Waals surface area contributed by atoms with Crippen LogP contribution in [-0.4, -0.2) is 30.4 Å². The molecular formula is C13H19F3N2O. The number of pyridine rings is 1. The van der Waals surface area contributed by atoms with Gasteiger partial charge >= 0.3 is 6.18 Å². The first-order valence-electron chi connectivity index (χ1n) is 6.22. The van der Waals surface area contributed by atoms with E-state index < -0.39 is 12.7 Å². The Kier molecular flexibility index (Phi) is 5.60. The first kappa shape index (κ1) is 15.8. The van der Waals surface area contributed by atoms with Gasteiger partial charge in [0.05, 0.1) is 12.2 Å². The van der Waals surface area contributed by atoms with Gasteiger partial charge in [0, 0.05) is 12.2 Å². The maximum absolute atomic E-state index is 12.0. The van der Waals surface area contributed by atoms with Crippen molar-refractivity contribution < 1.29 is 17.9 Å². The first-order valence-corrected chi connectivity index (χ1v) is 6.22. The van der Waals surface area contributed by atoms with E-state index in [1.54, 1.807) is 13.0 Å². The second kappa shape index (κ2) is 6.75. The van der Waals surface area contributed by atoms with Gasteiger partial charge in [-0.1, -0.05) is 6.92 Å². The number of rotatable bonds is 6. The van der Waals surface area contributed by atoms with Crippen LogP contribution in [-0.2, 0) is 6.42 Å². The summed E-state index contributed by atoms with van der Waals surface area (Å²) in [5.74, 6) is 0.634. The van der Waals surface area contributed by atoms with Crippen molar-refractivity contribution in [2.45, 2.75) is 39.5 Å². The zero-order valence-corrected chi connectivity index (χ0v) is 11.3. The molecule has 1 rings (SSSR count). The van der Waals surface area contributed by atoms with Crippen molar-refractivity contribution in [3.05, 3.63) is 23.5 Å². The van der Waals surface area contributed by atoms with Crippen molar-refractivity contribution in [1.29, 1.82) is 0 Å². The van der Waals surface area contributed by atoms with E-state index in [1.807, 2.05) is 19.9 Å². The van der Waals surface area contributed by atoms with E-state index in [2.05, 4.69) is 10.3 Å². The van der Waals surface area contributed by atoms with Crippen LogP contribution >= 0.6 is 0 Å². The topological polar surface area (TPSA) is 34.1 Å². The Morgan fingerprint density at radius 2 is 2.05 bits per heavy atom. The van der Waals surface area contributed by atoms with E-state index in [9.17, 15) is 13.2 Å². The number of hydrogen-bond acceptors (Lipinski definition) is 3. The minimum absolute atomic E-state index is 0.135. The molecule has 0 aliphatic carbocycles.